The lowest BCUT2D eigenvalue weighted by Crippen LogP contribution is -2.10. The molecule has 0 saturated carbocycles. The van der Waals surface area contributed by atoms with Crippen molar-refractivity contribution in [3.63, 3.8) is 0 Å². The summed E-state index contributed by atoms with van der Waals surface area (Å²) in [5, 5.41) is 0. The maximum atomic E-state index is 2.37. The second-order valence-electron chi connectivity index (χ2n) is 4.84. The zero-order chi connectivity index (χ0) is 11.1. The predicted molar refractivity (Wildman–Crippen MR) is 68.6 cm³/mol. The largest absolute Gasteiger partial charge is 0.0760 e. The Morgan fingerprint density at radius 3 is 2.94 bits per heavy atom. The molecule has 0 saturated heterocycles. The van der Waals surface area contributed by atoms with Crippen LogP contribution in [-0.4, -0.2) is 0 Å². The van der Waals surface area contributed by atoms with Crippen LogP contribution < -0.4 is 0 Å². The normalized spacial score (nSPS) is 22.0. The summed E-state index contributed by atoms with van der Waals surface area (Å²) in [6.07, 6.45) is 10.3. The first-order chi connectivity index (χ1) is 7.74. The molecule has 0 nitrogen and oxygen atoms in total. The monoisotopic (exact) mass is 208 g/mol. The summed E-state index contributed by atoms with van der Waals surface area (Å²) in [5.74, 6) is 0.494. The van der Waals surface area contributed by atoms with Gasteiger partial charge in [-0.1, -0.05) is 53.6 Å². The molecule has 0 amide bonds. The van der Waals surface area contributed by atoms with Gasteiger partial charge in [0.2, 0.25) is 0 Å². The van der Waals surface area contributed by atoms with Crippen molar-refractivity contribution in [1.82, 2.24) is 0 Å². The molecule has 0 spiro atoms. The van der Waals surface area contributed by atoms with Gasteiger partial charge in [-0.25, -0.2) is 0 Å². The molecule has 0 aromatic heterocycles. The molecule has 3 rings (SSSR count). The van der Waals surface area contributed by atoms with E-state index < -0.39 is 0 Å². The molecule has 0 N–H and O–H groups in total. The molecular formula is C16H16. The van der Waals surface area contributed by atoms with Crippen LogP contribution in [0.5, 0.6) is 0 Å². The molecule has 0 radical (unpaired) electrons. The maximum absolute atomic E-state index is 2.37. The van der Waals surface area contributed by atoms with Crippen LogP contribution >= 0.6 is 0 Å². The molecule has 2 aliphatic carbocycles. The zero-order valence-corrected chi connectivity index (χ0v) is 9.83. The number of hydrogen-bond donors (Lipinski definition) is 0. The lowest BCUT2D eigenvalue weighted by Gasteiger charge is -2.26. The van der Waals surface area contributed by atoms with Crippen molar-refractivity contribution in [3.05, 3.63) is 70.3 Å². The standard InChI is InChI=1S/C16H16/c1-11-3-7-15-13(9-11)5-6-14-10-12(2)4-8-16(14)15/h3-5,7-10,15H,6H2,1-2H3. The van der Waals surface area contributed by atoms with Gasteiger partial charge in [-0.3, -0.25) is 0 Å². The fourth-order valence-electron chi connectivity index (χ4n) is 2.67. The van der Waals surface area contributed by atoms with Gasteiger partial charge < -0.3 is 0 Å². The van der Waals surface area contributed by atoms with Gasteiger partial charge in [-0.2, -0.15) is 0 Å². The summed E-state index contributed by atoms with van der Waals surface area (Å²) < 4.78 is 0. The molecule has 80 valence electrons. The molecule has 1 unspecified atom stereocenters. The molecule has 1 aromatic rings. The Labute approximate surface area is 97.0 Å². The van der Waals surface area contributed by atoms with E-state index in [2.05, 4.69) is 56.4 Å². The van der Waals surface area contributed by atoms with Crippen LogP contribution in [0.2, 0.25) is 0 Å². The average molecular weight is 208 g/mol. The van der Waals surface area contributed by atoms with E-state index in [1.807, 2.05) is 0 Å². The van der Waals surface area contributed by atoms with Crippen LogP contribution in [0.3, 0.4) is 0 Å². The molecule has 0 fully saturated rings. The summed E-state index contributed by atoms with van der Waals surface area (Å²) in [4.78, 5) is 0. The number of fused-ring (bicyclic) bond motifs is 3. The third kappa shape index (κ3) is 1.46. The summed E-state index contributed by atoms with van der Waals surface area (Å²) in [7, 11) is 0. The highest BCUT2D eigenvalue weighted by Crippen LogP contribution is 2.37. The van der Waals surface area contributed by atoms with E-state index in [-0.39, 0.29) is 0 Å². The summed E-state index contributed by atoms with van der Waals surface area (Å²) >= 11 is 0. The third-order valence-corrected chi connectivity index (χ3v) is 3.50. The van der Waals surface area contributed by atoms with Crippen molar-refractivity contribution in [2.24, 2.45) is 0 Å². The molecule has 2 aliphatic rings. The maximum Gasteiger partial charge on any atom is 0.0272 e. The van der Waals surface area contributed by atoms with E-state index in [0.29, 0.717) is 5.92 Å². The van der Waals surface area contributed by atoms with Gasteiger partial charge in [0.25, 0.3) is 0 Å². The van der Waals surface area contributed by atoms with Gasteiger partial charge in [-0.15, -0.1) is 0 Å². The van der Waals surface area contributed by atoms with Crippen molar-refractivity contribution in [3.8, 4) is 0 Å². The predicted octanol–water partition coefficient (Wildman–Crippen LogP) is 4.08. The first-order valence-electron chi connectivity index (χ1n) is 5.90. The van der Waals surface area contributed by atoms with E-state index in [1.165, 1.54) is 27.8 Å². The minimum absolute atomic E-state index is 0.494. The smallest absolute Gasteiger partial charge is 0.0272 e. The van der Waals surface area contributed by atoms with Gasteiger partial charge in [0.05, 0.1) is 0 Å². The number of rotatable bonds is 0. The highest BCUT2D eigenvalue weighted by atomic mass is 14.2. The van der Waals surface area contributed by atoms with E-state index in [0.717, 1.165) is 6.42 Å². The van der Waals surface area contributed by atoms with Crippen molar-refractivity contribution in [2.45, 2.75) is 26.2 Å². The second kappa shape index (κ2) is 3.48. The Morgan fingerprint density at radius 2 is 2.06 bits per heavy atom. The molecule has 0 heterocycles. The van der Waals surface area contributed by atoms with Gasteiger partial charge in [-0.05, 0) is 37.0 Å². The van der Waals surface area contributed by atoms with Crippen molar-refractivity contribution in [2.75, 3.05) is 0 Å². The van der Waals surface area contributed by atoms with E-state index in [1.54, 1.807) is 0 Å². The third-order valence-electron chi connectivity index (χ3n) is 3.50. The molecule has 0 heteroatoms. The molecule has 1 aromatic carbocycles. The summed E-state index contributed by atoms with van der Waals surface area (Å²) in [5.41, 5.74) is 7.17. The molecule has 0 aliphatic heterocycles. The minimum atomic E-state index is 0.494. The Bertz CT molecular complexity index is 527. The quantitative estimate of drug-likeness (QED) is 0.602. The Morgan fingerprint density at radius 1 is 1.19 bits per heavy atom. The van der Waals surface area contributed by atoms with E-state index in [9.17, 15) is 0 Å². The first-order valence-corrected chi connectivity index (χ1v) is 5.90. The average Bonchev–Trinajstić information content (AvgIpc) is 2.28. The van der Waals surface area contributed by atoms with Crippen molar-refractivity contribution in [1.29, 1.82) is 0 Å². The van der Waals surface area contributed by atoms with Gasteiger partial charge in [0.15, 0.2) is 0 Å². The number of aryl methyl sites for hydroxylation is 1. The van der Waals surface area contributed by atoms with E-state index >= 15 is 0 Å². The number of allylic oxidation sites excluding steroid dienone is 6. The lowest BCUT2D eigenvalue weighted by atomic mass is 9.78. The second-order valence-corrected chi connectivity index (χ2v) is 4.84. The van der Waals surface area contributed by atoms with Gasteiger partial charge in [0.1, 0.15) is 0 Å². The lowest BCUT2D eigenvalue weighted by molar-refractivity contribution is 0.928. The Hall–Kier alpha value is -1.56. The fraction of sp³-hybridized carbons (Fsp3) is 0.250. The Balaban J connectivity index is 2.11. The van der Waals surface area contributed by atoms with Crippen LogP contribution in [0.15, 0.2) is 53.6 Å². The molecular weight excluding hydrogens is 192 g/mol. The van der Waals surface area contributed by atoms with Crippen molar-refractivity contribution >= 4 is 0 Å². The Kier molecular flexibility index (Phi) is 2.10. The number of benzene rings is 1. The van der Waals surface area contributed by atoms with Crippen LogP contribution in [0.25, 0.3) is 0 Å². The highest BCUT2D eigenvalue weighted by Gasteiger charge is 2.21. The fourth-order valence-corrected chi connectivity index (χ4v) is 2.67. The van der Waals surface area contributed by atoms with E-state index in [4.69, 9.17) is 0 Å². The summed E-state index contributed by atoms with van der Waals surface area (Å²) in [6.45, 7) is 4.33. The SMILES string of the molecule is CC1=CC2=CCc3cc(C)ccc3C2C=C1. The molecule has 1 atom stereocenters. The zero-order valence-electron chi connectivity index (χ0n) is 9.83. The van der Waals surface area contributed by atoms with Gasteiger partial charge >= 0.3 is 0 Å². The summed E-state index contributed by atoms with van der Waals surface area (Å²) in [6, 6.07) is 6.84. The van der Waals surface area contributed by atoms with Crippen LogP contribution in [0.1, 0.15) is 29.5 Å². The first kappa shape index (κ1) is 9.65. The number of hydrogen-bond acceptors (Lipinski definition) is 0. The van der Waals surface area contributed by atoms with Crippen LogP contribution in [-0.2, 0) is 6.42 Å². The molecule has 16 heavy (non-hydrogen) atoms. The topological polar surface area (TPSA) is 0 Å². The van der Waals surface area contributed by atoms with Gasteiger partial charge in [0, 0.05) is 5.92 Å². The van der Waals surface area contributed by atoms with Crippen LogP contribution in [0, 0.1) is 6.92 Å². The highest BCUT2D eigenvalue weighted by molar-refractivity contribution is 5.53. The molecule has 0 bridgehead atoms. The van der Waals surface area contributed by atoms with Crippen molar-refractivity contribution < 1.29 is 0 Å². The van der Waals surface area contributed by atoms with Crippen LogP contribution in [0.4, 0.5) is 0 Å². The minimum Gasteiger partial charge on any atom is -0.0760 e.